The highest BCUT2D eigenvalue weighted by Crippen LogP contribution is 2.23. The van der Waals surface area contributed by atoms with Crippen molar-refractivity contribution in [2.45, 2.75) is 6.92 Å². The number of fused-ring (bicyclic) bond motifs is 1. The van der Waals surface area contributed by atoms with Crippen molar-refractivity contribution in [3.05, 3.63) is 87.4 Å². The summed E-state index contributed by atoms with van der Waals surface area (Å²) in [6.07, 6.45) is 3.33. The second-order valence-corrected chi connectivity index (χ2v) is 6.99. The van der Waals surface area contributed by atoms with Gasteiger partial charge < -0.3 is 0 Å². The van der Waals surface area contributed by atoms with E-state index in [-0.39, 0.29) is 11.3 Å². The van der Waals surface area contributed by atoms with E-state index >= 15 is 0 Å². The summed E-state index contributed by atoms with van der Waals surface area (Å²) in [5.41, 5.74) is 2.46. The Morgan fingerprint density at radius 3 is 2.37 bits per heavy atom. The molecule has 0 unspecified atom stereocenters. The van der Waals surface area contributed by atoms with Gasteiger partial charge in [-0.05, 0) is 61.5 Å². The van der Waals surface area contributed by atoms with E-state index in [0.29, 0.717) is 28.0 Å². The van der Waals surface area contributed by atoms with E-state index in [1.54, 1.807) is 47.3 Å². The number of carbonyl (C=O) groups excluding carboxylic acids is 1. The Kier molecular flexibility index (Phi) is 4.41. The SMILES string of the molecule is CC(=O)c1ccc(-n2c(-c3ccncc3)nc3ccc(Br)cc3c2=O)cc1. The summed E-state index contributed by atoms with van der Waals surface area (Å²) in [5, 5.41) is 0.512. The largest absolute Gasteiger partial charge is 0.295 e. The van der Waals surface area contributed by atoms with Crippen LogP contribution in [0.4, 0.5) is 0 Å². The van der Waals surface area contributed by atoms with E-state index in [4.69, 9.17) is 4.98 Å². The minimum absolute atomic E-state index is 0.0242. The Hall–Kier alpha value is -3.12. The van der Waals surface area contributed by atoms with Crippen molar-refractivity contribution in [1.82, 2.24) is 14.5 Å². The van der Waals surface area contributed by atoms with Crippen LogP contribution in [0.5, 0.6) is 0 Å². The molecule has 2 aromatic carbocycles. The van der Waals surface area contributed by atoms with Crippen molar-refractivity contribution in [3.63, 3.8) is 0 Å². The average Bonchev–Trinajstić information content (AvgIpc) is 2.69. The third kappa shape index (κ3) is 3.19. The number of rotatable bonds is 3. The van der Waals surface area contributed by atoms with Crippen LogP contribution in [0.1, 0.15) is 17.3 Å². The van der Waals surface area contributed by atoms with Crippen molar-refractivity contribution >= 4 is 32.6 Å². The number of carbonyl (C=O) groups is 1. The highest BCUT2D eigenvalue weighted by atomic mass is 79.9. The summed E-state index contributed by atoms with van der Waals surface area (Å²) in [6.45, 7) is 1.51. The van der Waals surface area contributed by atoms with Gasteiger partial charge >= 0.3 is 0 Å². The van der Waals surface area contributed by atoms with E-state index in [1.165, 1.54) is 6.92 Å². The van der Waals surface area contributed by atoms with Gasteiger partial charge in [-0.1, -0.05) is 15.9 Å². The van der Waals surface area contributed by atoms with Crippen molar-refractivity contribution in [3.8, 4) is 17.1 Å². The van der Waals surface area contributed by atoms with Crippen molar-refractivity contribution in [2.24, 2.45) is 0 Å². The summed E-state index contributed by atoms with van der Waals surface area (Å²) in [6, 6.07) is 16.0. The molecule has 2 heterocycles. The molecule has 0 spiro atoms. The first-order valence-electron chi connectivity index (χ1n) is 8.29. The second kappa shape index (κ2) is 6.89. The fourth-order valence-electron chi connectivity index (χ4n) is 2.94. The Morgan fingerprint density at radius 1 is 1.00 bits per heavy atom. The number of halogens is 1. The topological polar surface area (TPSA) is 64.8 Å². The number of hydrogen-bond donors (Lipinski definition) is 0. The lowest BCUT2D eigenvalue weighted by Crippen LogP contribution is -2.22. The van der Waals surface area contributed by atoms with Gasteiger partial charge in [-0.2, -0.15) is 0 Å². The van der Waals surface area contributed by atoms with Crippen molar-refractivity contribution in [1.29, 1.82) is 0 Å². The maximum absolute atomic E-state index is 13.3. The first kappa shape index (κ1) is 17.3. The number of Topliss-reactive ketones (excluding diaryl/α,β-unsaturated/α-hetero) is 1. The number of ketones is 1. The number of nitrogens with zero attached hydrogens (tertiary/aromatic N) is 3. The first-order chi connectivity index (χ1) is 13.0. The van der Waals surface area contributed by atoms with E-state index < -0.39 is 0 Å². The molecule has 2 aromatic heterocycles. The Bertz CT molecular complexity index is 1220. The summed E-state index contributed by atoms with van der Waals surface area (Å²) in [5.74, 6) is 0.497. The molecule has 5 nitrogen and oxygen atoms in total. The van der Waals surface area contributed by atoms with Gasteiger partial charge in [-0.25, -0.2) is 4.98 Å². The van der Waals surface area contributed by atoms with Crippen LogP contribution in [0.15, 0.2) is 76.3 Å². The van der Waals surface area contributed by atoms with Crippen LogP contribution in [0.3, 0.4) is 0 Å². The van der Waals surface area contributed by atoms with Gasteiger partial charge in [0.2, 0.25) is 0 Å². The highest BCUT2D eigenvalue weighted by molar-refractivity contribution is 9.10. The van der Waals surface area contributed by atoms with Gasteiger partial charge in [-0.15, -0.1) is 0 Å². The molecular weight excluding hydrogens is 406 g/mol. The molecule has 0 bridgehead atoms. The zero-order valence-corrected chi connectivity index (χ0v) is 16.0. The third-order valence-corrected chi connectivity index (χ3v) is 4.79. The molecule has 0 aliphatic rings. The van der Waals surface area contributed by atoms with Gasteiger partial charge in [0.05, 0.1) is 16.6 Å². The Labute approximate surface area is 163 Å². The Morgan fingerprint density at radius 2 is 1.70 bits per heavy atom. The summed E-state index contributed by atoms with van der Waals surface area (Å²) in [7, 11) is 0. The lowest BCUT2D eigenvalue weighted by atomic mass is 10.1. The van der Waals surface area contributed by atoms with E-state index in [0.717, 1.165) is 10.0 Å². The van der Waals surface area contributed by atoms with Crippen LogP contribution < -0.4 is 5.56 Å². The summed E-state index contributed by atoms with van der Waals surface area (Å²) in [4.78, 5) is 33.7. The van der Waals surface area contributed by atoms with E-state index in [2.05, 4.69) is 20.9 Å². The molecule has 6 heteroatoms. The molecule has 0 aliphatic carbocycles. The predicted octanol–water partition coefficient (Wildman–Crippen LogP) is 4.41. The molecular formula is C21H14BrN3O2. The maximum atomic E-state index is 13.3. The predicted molar refractivity (Wildman–Crippen MR) is 108 cm³/mol. The minimum Gasteiger partial charge on any atom is -0.295 e. The summed E-state index contributed by atoms with van der Waals surface area (Å²) >= 11 is 3.41. The zero-order chi connectivity index (χ0) is 19.0. The smallest absolute Gasteiger partial charge is 0.266 e. The van der Waals surface area contributed by atoms with Crippen LogP contribution in [0.2, 0.25) is 0 Å². The molecule has 4 aromatic rings. The third-order valence-electron chi connectivity index (χ3n) is 4.30. The standard InChI is InChI=1S/C21H14BrN3O2/c1-13(26)14-2-5-17(6-3-14)25-20(15-8-10-23-11-9-15)24-19-7-4-16(22)12-18(19)21(25)27/h2-12H,1H3. The molecule has 132 valence electrons. The molecule has 0 N–H and O–H groups in total. The van der Waals surface area contributed by atoms with Crippen molar-refractivity contribution in [2.75, 3.05) is 0 Å². The molecule has 0 saturated heterocycles. The van der Waals surface area contributed by atoms with Crippen LogP contribution in [-0.2, 0) is 0 Å². The molecule has 27 heavy (non-hydrogen) atoms. The lowest BCUT2D eigenvalue weighted by molar-refractivity contribution is 0.101. The number of aromatic nitrogens is 3. The molecule has 0 saturated carbocycles. The summed E-state index contributed by atoms with van der Waals surface area (Å²) < 4.78 is 2.37. The van der Waals surface area contributed by atoms with Crippen LogP contribution >= 0.6 is 15.9 Å². The average molecular weight is 420 g/mol. The van der Waals surface area contributed by atoms with Gasteiger partial charge in [-0.3, -0.25) is 19.1 Å². The lowest BCUT2D eigenvalue weighted by Gasteiger charge is -2.14. The molecule has 0 radical (unpaired) electrons. The monoisotopic (exact) mass is 419 g/mol. The maximum Gasteiger partial charge on any atom is 0.266 e. The van der Waals surface area contributed by atoms with E-state index in [1.807, 2.05) is 24.3 Å². The molecule has 0 fully saturated rings. The van der Waals surface area contributed by atoms with E-state index in [9.17, 15) is 9.59 Å². The second-order valence-electron chi connectivity index (χ2n) is 6.08. The van der Waals surface area contributed by atoms with Crippen molar-refractivity contribution < 1.29 is 4.79 Å². The molecule has 0 amide bonds. The first-order valence-corrected chi connectivity index (χ1v) is 9.08. The normalized spacial score (nSPS) is 10.9. The molecule has 4 rings (SSSR count). The van der Waals surface area contributed by atoms with Crippen LogP contribution in [-0.4, -0.2) is 20.3 Å². The quantitative estimate of drug-likeness (QED) is 0.461. The number of hydrogen-bond acceptors (Lipinski definition) is 4. The van der Waals surface area contributed by atoms with Gasteiger partial charge in [0.25, 0.3) is 5.56 Å². The fraction of sp³-hybridized carbons (Fsp3) is 0.0476. The van der Waals surface area contributed by atoms with Gasteiger partial charge in [0, 0.05) is 28.0 Å². The van der Waals surface area contributed by atoms with Crippen LogP contribution in [0, 0.1) is 0 Å². The molecule has 0 aliphatic heterocycles. The van der Waals surface area contributed by atoms with Crippen LogP contribution in [0.25, 0.3) is 28.0 Å². The number of pyridine rings is 1. The van der Waals surface area contributed by atoms with Gasteiger partial charge in [0.15, 0.2) is 5.78 Å². The zero-order valence-electron chi connectivity index (χ0n) is 14.4. The Balaban J connectivity index is 2.06. The highest BCUT2D eigenvalue weighted by Gasteiger charge is 2.15. The fourth-order valence-corrected chi connectivity index (χ4v) is 3.30. The van der Waals surface area contributed by atoms with Gasteiger partial charge in [0.1, 0.15) is 5.82 Å². The molecule has 0 atom stereocenters. The minimum atomic E-state index is -0.177. The number of benzene rings is 2.